The van der Waals surface area contributed by atoms with Crippen LogP contribution in [0.3, 0.4) is 0 Å². The van der Waals surface area contributed by atoms with Gasteiger partial charge in [-0.2, -0.15) is 0 Å². The van der Waals surface area contributed by atoms with Gasteiger partial charge in [0.15, 0.2) is 0 Å². The molecule has 2 atom stereocenters. The summed E-state index contributed by atoms with van der Waals surface area (Å²) in [7, 11) is 0. The molecule has 3 aliphatic rings. The molecular formula is C17H32N2. The monoisotopic (exact) mass is 264 g/mol. The second-order valence-corrected chi connectivity index (χ2v) is 7.78. The molecule has 3 fully saturated rings. The molecule has 110 valence electrons. The second-order valence-electron chi connectivity index (χ2n) is 7.78. The van der Waals surface area contributed by atoms with E-state index in [1.807, 2.05) is 0 Å². The third-order valence-corrected chi connectivity index (χ3v) is 6.28. The van der Waals surface area contributed by atoms with Crippen molar-refractivity contribution in [1.82, 2.24) is 10.2 Å². The van der Waals surface area contributed by atoms with E-state index < -0.39 is 0 Å². The largest absolute Gasteiger partial charge is 0.308 e. The summed E-state index contributed by atoms with van der Waals surface area (Å²) < 4.78 is 0. The summed E-state index contributed by atoms with van der Waals surface area (Å²) in [5.74, 6) is 1.76. The fraction of sp³-hybridized carbons (Fsp3) is 1.00. The van der Waals surface area contributed by atoms with Crippen LogP contribution in [0.4, 0.5) is 0 Å². The minimum absolute atomic E-state index is 0.476. The quantitative estimate of drug-likeness (QED) is 0.840. The van der Waals surface area contributed by atoms with E-state index >= 15 is 0 Å². The normalized spacial score (nSPS) is 33.8. The standard InChI is InChI=1S/C17H32N2/c1-13(2)16-11-18-17(9-4-5-10-17)12-19(16)14(3)15-7-6-8-15/h13-16,18H,4-12H2,1-3H3. The summed E-state index contributed by atoms with van der Waals surface area (Å²) in [4.78, 5) is 2.90. The van der Waals surface area contributed by atoms with Gasteiger partial charge in [-0.1, -0.05) is 33.1 Å². The average Bonchev–Trinajstić information content (AvgIpc) is 2.74. The molecule has 0 radical (unpaired) electrons. The molecule has 2 aliphatic carbocycles. The fourth-order valence-corrected chi connectivity index (χ4v) is 4.61. The van der Waals surface area contributed by atoms with Gasteiger partial charge in [0.1, 0.15) is 0 Å². The van der Waals surface area contributed by atoms with Gasteiger partial charge < -0.3 is 5.32 Å². The zero-order valence-corrected chi connectivity index (χ0v) is 13.1. The van der Waals surface area contributed by atoms with Gasteiger partial charge in [0.25, 0.3) is 0 Å². The second kappa shape index (κ2) is 5.37. The Hall–Kier alpha value is -0.0800. The lowest BCUT2D eigenvalue weighted by atomic mass is 9.77. The van der Waals surface area contributed by atoms with E-state index in [0.717, 1.165) is 23.9 Å². The van der Waals surface area contributed by atoms with Crippen molar-refractivity contribution in [2.45, 2.75) is 83.3 Å². The third-order valence-electron chi connectivity index (χ3n) is 6.28. The van der Waals surface area contributed by atoms with Gasteiger partial charge in [-0.15, -0.1) is 0 Å². The Morgan fingerprint density at radius 2 is 1.74 bits per heavy atom. The summed E-state index contributed by atoms with van der Waals surface area (Å²) in [6.45, 7) is 9.84. The lowest BCUT2D eigenvalue weighted by Crippen LogP contribution is -2.67. The van der Waals surface area contributed by atoms with Crippen LogP contribution in [-0.4, -0.2) is 35.6 Å². The van der Waals surface area contributed by atoms with Gasteiger partial charge >= 0.3 is 0 Å². The van der Waals surface area contributed by atoms with E-state index in [2.05, 4.69) is 31.0 Å². The maximum absolute atomic E-state index is 3.94. The Bertz CT molecular complexity index is 302. The first kappa shape index (κ1) is 13.9. The Morgan fingerprint density at radius 3 is 2.26 bits per heavy atom. The van der Waals surface area contributed by atoms with Crippen LogP contribution in [0.25, 0.3) is 0 Å². The van der Waals surface area contributed by atoms with Crippen LogP contribution in [-0.2, 0) is 0 Å². The van der Waals surface area contributed by atoms with Crippen molar-refractivity contribution in [2.24, 2.45) is 11.8 Å². The van der Waals surface area contributed by atoms with E-state index in [0.29, 0.717) is 5.54 Å². The van der Waals surface area contributed by atoms with Crippen molar-refractivity contribution in [3.63, 3.8) is 0 Å². The van der Waals surface area contributed by atoms with Gasteiger partial charge in [0.2, 0.25) is 0 Å². The number of nitrogens with zero attached hydrogens (tertiary/aromatic N) is 1. The lowest BCUT2D eigenvalue weighted by molar-refractivity contribution is -0.00694. The average molecular weight is 264 g/mol. The Morgan fingerprint density at radius 1 is 1.05 bits per heavy atom. The highest BCUT2D eigenvalue weighted by molar-refractivity contribution is 5.03. The molecule has 2 nitrogen and oxygen atoms in total. The maximum atomic E-state index is 3.94. The summed E-state index contributed by atoms with van der Waals surface area (Å²) in [5.41, 5.74) is 0.476. The molecule has 2 unspecified atom stereocenters. The first-order valence-corrected chi connectivity index (χ1v) is 8.62. The highest BCUT2D eigenvalue weighted by Crippen LogP contribution is 2.39. The molecule has 1 N–H and O–H groups in total. The van der Waals surface area contributed by atoms with Gasteiger partial charge in [-0.25, -0.2) is 0 Å². The van der Waals surface area contributed by atoms with Crippen LogP contribution in [0, 0.1) is 11.8 Å². The van der Waals surface area contributed by atoms with E-state index in [-0.39, 0.29) is 0 Å². The topological polar surface area (TPSA) is 15.3 Å². The van der Waals surface area contributed by atoms with Gasteiger partial charge in [0, 0.05) is 30.7 Å². The Kier molecular flexibility index (Phi) is 3.92. The fourth-order valence-electron chi connectivity index (χ4n) is 4.61. The van der Waals surface area contributed by atoms with Crippen LogP contribution in [0.15, 0.2) is 0 Å². The number of hydrogen-bond acceptors (Lipinski definition) is 2. The van der Waals surface area contributed by atoms with E-state index in [4.69, 9.17) is 0 Å². The summed E-state index contributed by atoms with van der Waals surface area (Å²) in [5, 5.41) is 3.94. The van der Waals surface area contributed by atoms with E-state index in [1.54, 1.807) is 0 Å². The number of rotatable bonds is 3. The zero-order valence-electron chi connectivity index (χ0n) is 13.1. The molecule has 1 spiro atoms. The van der Waals surface area contributed by atoms with Crippen LogP contribution in [0.1, 0.15) is 65.7 Å². The van der Waals surface area contributed by atoms with E-state index in [9.17, 15) is 0 Å². The summed E-state index contributed by atoms with van der Waals surface area (Å²) in [6, 6.07) is 1.56. The predicted octanol–water partition coefficient (Wildman–Crippen LogP) is 3.42. The molecular weight excluding hydrogens is 232 g/mol. The number of piperazine rings is 1. The molecule has 2 heteroatoms. The molecule has 0 aromatic heterocycles. The summed E-state index contributed by atoms with van der Waals surface area (Å²) >= 11 is 0. The van der Waals surface area contributed by atoms with Gasteiger partial charge in [0.05, 0.1) is 0 Å². The number of hydrogen-bond donors (Lipinski definition) is 1. The maximum Gasteiger partial charge on any atom is 0.0309 e. The van der Waals surface area contributed by atoms with Crippen molar-refractivity contribution >= 4 is 0 Å². The minimum atomic E-state index is 0.476. The molecule has 1 heterocycles. The first-order chi connectivity index (χ1) is 9.11. The van der Waals surface area contributed by atoms with Crippen LogP contribution in [0.2, 0.25) is 0 Å². The minimum Gasteiger partial charge on any atom is -0.308 e. The Labute approximate surface area is 119 Å². The first-order valence-electron chi connectivity index (χ1n) is 8.62. The zero-order chi connectivity index (χ0) is 13.5. The lowest BCUT2D eigenvalue weighted by Gasteiger charge is -2.52. The predicted molar refractivity (Wildman–Crippen MR) is 81.3 cm³/mol. The van der Waals surface area contributed by atoms with Crippen LogP contribution in [0.5, 0.6) is 0 Å². The van der Waals surface area contributed by atoms with Crippen molar-refractivity contribution in [3.8, 4) is 0 Å². The molecule has 0 aromatic rings. The molecule has 3 rings (SSSR count). The SMILES string of the molecule is CC(C)C1CNC2(CCCC2)CN1C(C)C1CCC1. The molecule has 0 amide bonds. The third kappa shape index (κ3) is 2.58. The molecule has 2 saturated carbocycles. The van der Waals surface area contributed by atoms with Gasteiger partial charge in [-0.3, -0.25) is 4.90 Å². The van der Waals surface area contributed by atoms with E-state index in [1.165, 1.54) is 58.0 Å². The van der Waals surface area contributed by atoms with Crippen molar-refractivity contribution in [3.05, 3.63) is 0 Å². The molecule has 0 bridgehead atoms. The highest BCUT2D eigenvalue weighted by atomic mass is 15.3. The summed E-state index contributed by atoms with van der Waals surface area (Å²) in [6.07, 6.45) is 10.1. The number of nitrogens with one attached hydrogen (secondary N) is 1. The van der Waals surface area contributed by atoms with Crippen LogP contribution >= 0.6 is 0 Å². The van der Waals surface area contributed by atoms with Gasteiger partial charge in [-0.05, 0) is 44.4 Å². The smallest absolute Gasteiger partial charge is 0.0309 e. The van der Waals surface area contributed by atoms with Crippen molar-refractivity contribution < 1.29 is 0 Å². The highest BCUT2D eigenvalue weighted by Gasteiger charge is 2.44. The van der Waals surface area contributed by atoms with Crippen LogP contribution < -0.4 is 5.32 Å². The Balaban J connectivity index is 1.73. The molecule has 0 aromatic carbocycles. The van der Waals surface area contributed by atoms with Crippen molar-refractivity contribution in [1.29, 1.82) is 0 Å². The molecule has 1 saturated heterocycles. The molecule has 1 aliphatic heterocycles. The molecule has 19 heavy (non-hydrogen) atoms. The van der Waals surface area contributed by atoms with Crippen molar-refractivity contribution in [2.75, 3.05) is 13.1 Å².